The van der Waals surface area contributed by atoms with Crippen LogP contribution in [0.5, 0.6) is 0 Å². The summed E-state index contributed by atoms with van der Waals surface area (Å²) < 4.78 is 16.3. The van der Waals surface area contributed by atoms with Gasteiger partial charge in [-0.25, -0.2) is 0 Å². The number of methoxy groups -OCH3 is 2. The van der Waals surface area contributed by atoms with E-state index in [9.17, 15) is 4.79 Å². The van der Waals surface area contributed by atoms with Crippen molar-refractivity contribution in [1.29, 1.82) is 0 Å². The molecule has 0 aromatic heterocycles. The summed E-state index contributed by atoms with van der Waals surface area (Å²) in [6, 6.07) is 0. The van der Waals surface area contributed by atoms with Gasteiger partial charge in [-0.05, 0) is 18.8 Å². The molecule has 0 spiro atoms. The summed E-state index contributed by atoms with van der Waals surface area (Å²) in [6.07, 6.45) is 10.5. The second kappa shape index (κ2) is 9.86. The third-order valence-electron chi connectivity index (χ3n) is 3.52. The van der Waals surface area contributed by atoms with Gasteiger partial charge in [-0.15, -0.1) is 0 Å². The topological polar surface area (TPSA) is 44.8 Å². The minimum absolute atomic E-state index is 0.104. The lowest BCUT2D eigenvalue weighted by Crippen LogP contribution is -2.36. The first kappa shape index (κ1) is 17.1. The molecule has 1 rings (SSSR count). The van der Waals surface area contributed by atoms with Crippen LogP contribution in [0.2, 0.25) is 0 Å². The van der Waals surface area contributed by atoms with Crippen LogP contribution < -0.4 is 0 Å². The molecule has 0 saturated heterocycles. The molecule has 0 bridgehead atoms. The van der Waals surface area contributed by atoms with Crippen LogP contribution >= 0.6 is 0 Å². The zero-order valence-corrected chi connectivity index (χ0v) is 12.7. The standard InChI is InChI=1S/C16H26O4/c1-13-10-11-14(17)8-6-4-5-7-9-15(19-3)16(13)20-12-18-2/h4,6-7,9,13,15-16H,5,8,10-12H2,1-3H3/t13-,15+,16+/m1/s1. The van der Waals surface area contributed by atoms with Crippen LogP contribution in [0.15, 0.2) is 24.3 Å². The van der Waals surface area contributed by atoms with Gasteiger partial charge in [0.2, 0.25) is 0 Å². The van der Waals surface area contributed by atoms with Gasteiger partial charge in [0.05, 0.1) is 6.10 Å². The molecule has 0 amide bonds. The molecule has 0 N–H and O–H groups in total. The van der Waals surface area contributed by atoms with Gasteiger partial charge in [0, 0.05) is 27.1 Å². The summed E-state index contributed by atoms with van der Waals surface area (Å²) in [4.78, 5) is 11.8. The van der Waals surface area contributed by atoms with Crippen LogP contribution in [-0.4, -0.2) is 39.0 Å². The maximum atomic E-state index is 11.8. The number of hydrogen-bond acceptors (Lipinski definition) is 4. The third kappa shape index (κ3) is 5.99. The van der Waals surface area contributed by atoms with Gasteiger partial charge in [0.25, 0.3) is 0 Å². The first-order valence-electron chi connectivity index (χ1n) is 7.15. The fourth-order valence-electron chi connectivity index (χ4n) is 2.31. The summed E-state index contributed by atoms with van der Waals surface area (Å²) in [5.41, 5.74) is 0. The Balaban J connectivity index is 2.81. The second-order valence-electron chi connectivity index (χ2n) is 5.13. The highest BCUT2D eigenvalue weighted by atomic mass is 16.7. The lowest BCUT2D eigenvalue weighted by molar-refractivity contribution is -0.130. The number of allylic oxidation sites excluding steroid dienone is 3. The average Bonchev–Trinajstić information content (AvgIpc) is 2.45. The molecule has 1 aliphatic rings. The summed E-state index contributed by atoms with van der Waals surface area (Å²) in [7, 11) is 3.28. The quantitative estimate of drug-likeness (QED) is 0.587. The number of rotatable bonds is 4. The number of carbonyl (C=O) groups excluding carboxylic acids is 1. The predicted octanol–water partition coefficient (Wildman–Crippen LogP) is 2.88. The molecule has 20 heavy (non-hydrogen) atoms. The van der Waals surface area contributed by atoms with Gasteiger partial charge in [-0.3, -0.25) is 4.79 Å². The van der Waals surface area contributed by atoms with Crippen molar-refractivity contribution in [2.75, 3.05) is 21.0 Å². The summed E-state index contributed by atoms with van der Waals surface area (Å²) in [5, 5.41) is 0. The van der Waals surface area contributed by atoms with Crippen molar-refractivity contribution < 1.29 is 19.0 Å². The van der Waals surface area contributed by atoms with Gasteiger partial charge in [0.1, 0.15) is 18.7 Å². The number of hydrogen-bond donors (Lipinski definition) is 0. The molecule has 0 heterocycles. The SMILES string of the molecule is COCO[C@H]1[C@H](C)CCC(=O)CC=CCC=C[C@@H]1OC. The van der Waals surface area contributed by atoms with Crippen molar-refractivity contribution >= 4 is 5.78 Å². The van der Waals surface area contributed by atoms with Crippen molar-refractivity contribution in [2.45, 2.75) is 44.8 Å². The van der Waals surface area contributed by atoms with Gasteiger partial charge in [-0.1, -0.05) is 31.2 Å². The van der Waals surface area contributed by atoms with Crippen molar-refractivity contribution in [1.82, 2.24) is 0 Å². The Kier molecular flexibility index (Phi) is 8.42. The summed E-state index contributed by atoms with van der Waals surface area (Å²) in [5.74, 6) is 0.504. The van der Waals surface area contributed by atoms with Crippen molar-refractivity contribution in [3.05, 3.63) is 24.3 Å². The smallest absolute Gasteiger partial charge is 0.146 e. The van der Waals surface area contributed by atoms with E-state index in [4.69, 9.17) is 14.2 Å². The van der Waals surface area contributed by atoms with Gasteiger partial charge < -0.3 is 14.2 Å². The molecule has 0 unspecified atom stereocenters. The number of ether oxygens (including phenoxy) is 3. The van der Waals surface area contributed by atoms with E-state index in [0.717, 1.165) is 12.8 Å². The van der Waals surface area contributed by atoms with Crippen molar-refractivity contribution in [3.63, 3.8) is 0 Å². The first-order chi connectivity index (χ1) is 9.69. The Morgan fingerprint density at radius 3 is 2.75 bits per heavy atom. The van der Waals surface area contributed by atoms with E-state index in [1.807, 2.05) is 24.3 Å². The third-order valence-corrected chi connectivity index (χ3v) is 3.52. The molecular weight excluding hydrogens is 256 g/mol. The summed E-state index contributed by atoms with van der Waals surface area (Å²) >= 11 is 0. The molecule has 1 aliphatic carbocycles. The largest absolute Gasteiger partial charge is 0.375 e. The Bertz CT molecular complexity index is 335. The maximum absolute atomic E-state index is 11.8. The van der Waals surface area contributed by atoms with Crippen molar-refractivity contribution in [3.8, 4) is 0 Å². The second-order valence-corrected chi connectivity index (χ2v) is 5.13. The fraction of sp³-hybridized carbons (Fsp3) is 0.688. The molecule has 114 valence electrons. The molecule has 0 aliphatic heterocycles. The number of Topliss-reactive ketones (excluding diaryl/α,β-unsaturated/α-hetero) is 1. The number of carbonyl (C=O) groups is 1. The van der Waals surface area contributed by atoms with Gasteiger partial charge in [0.15, 0.2) is 0 Å². The molecule has 0 saturated carbocycles. The Morgan fingerprint density at radius 2 is 2.05 bits per heavy atom. The van der Waals surface area contributed by atoms with Crippen LogP contribution in [0.25, 0.3) is 0 Å². The van der Waals surface area contributed by atoms with E-state index in [1.54, 1.807) is 14.2 Å². The van der Waals surface area contributed by atoms with Gasteiger partial charge >= 0.3 is 0 Å². The number of ketones is 1. The monoisotopic (exact) mass is 282 g/mol. The highest BCUT2D eigenvalue weighted by Crippen LogP contribution is 2.21. The van der Waals surface area contributed by atoms with Gasteiger partial charge in [-0.2, -0.15) is 0 Å². The summed E-state index contributed by atoms with van der Waals surface area (Å²) in [6.45, 7) is 2.33. The molecular formula is C16H26O4. The predicted molar refractivity (Wildman–Crippen MR) is 78.5 cm³/mol. The van der Waals surface area contributed by atoms with Crippen LogP contribution in [0.3, 0.4) is 0 Å². The molecule has 0 aromatic rings. The molecule has 0 radical (unpaired) electrons. The fourth-order valence-corrected chi connectivity index (χ4v) is 2.31. The minimum Gasteiger partial charge on any atom is -0.375 e. The lowest BCUT2D eigenvalue weighted by Gasteiger charge is -2.29. The first-order valence-corrected chi connectivity index (χ1v) is 7.15. The highest BCUT2D eigenvalue weighted by molar-refractivity contribution is 5.79. The zero-order valence-electron chi connectivity index (χ0n) is 12.7. The molecule has 0 fully saturated rings. The molecule has 4 nitrogen and oxygen atoms in total. The van der Waals surface area contributed by atoms with Crippen LogP contribution in [-0.2, 0) is 19.0 Å². The van der Waals surface area contributed by atoms with Crippen LogP contribution in [0.1, 0.15) is 32.6 Å². The highest BCUT2D eigenvalue weighted by Gasteiger charge is 2.26. The Labute approximate surface area is 121 Å². The molecule has 3 atom stereocenters. The van der Waals surface area contributed by atoms with E-state index in [1.165, 1.54) is 0 Å². The maximum Gasteiger partial charge on any atom is 0.146 e. The van der Waals surface area contributed by atoms with E-state index in [-0.39, 0.29) is 30.7 Å². The van der Waals surface area contributed by atoms with E-state index < -0.39 is 0 Å². The Hall–Kier alpha value is -0.970. The molecule has 0 aromatic carbocycles. The van der Waals surface area contributed by atoms with E-state index >= 15 is 0 Å². The van der Waals surface area contributed by atoms with Crippen LogP contribution in [0.4, 0.5) is 0 Å². The zero-order chi connectivity index (χ0) is 14.8. The van der Waals surface area contributed by atoms with E-state index in [0.29, 0.717) is 12.8 Å². The normalized spacial score (nSPS) is 28.9. The van der Waals surface area contributed by atoms with E-state index in [2.05, 4.69) is 6.92 Å². The van der Waals surface area contributed by atoms with Crippen molar-refractivity contribution in [2.24, 2.45) is 5.92 Å². The minimum atomic E-state index is -0.122. The lowest BCUT2D eigenvalue weighted by atomic mass is 9.92. The average molecular weight is 282 g/mol. The molecule has 4 heteroatoms. The van der Waals surface area contributed by atoms with Crippen LogP contribution in [0, 0.1) is 5.92 Å². The Morgan fingerprint density at radius 1 is 1.25 bits per heavy atom.